The number of halogens is 1. The lowest BCUT2D eigenvalue weighted by Gasteiger charge is -2.38. The largest absolute Gasteiger partial charge is 0.481 e. The highest BCUT2D eigenvalue weighted by molar-refractivity contribution is 5.81. The van der Waals surface area contributed by atoms with E-state index in [1.54, 1.807) is 6.07 Å². The van der Waals surface area contributed by atoms with Crippen molar-refractivity contribution in [1.29, 1.82) is 0 Å². The van der Waals surface area contributed by atoms with Gasteiger partial charge in [-0.25, -0.2) is 4.39 Å². The van der Waals surface area contributed by atoms with Crippen LogP contribution in [0.1, 0.15) is 69.7 Å². The molecular formula is C27H35FN2O3. The Balaban J connectivity index is 1.89. The monoisotopic (exact) mass is 454 g/mol. The summed E-state index contributed by atoms with van der Waals surface area (Å²) in [4.78, 5) is 27.2. The molecule has 0 bridgehead atoms. The fourth-order valence-electron chi connectivity index (χ4n) is 4.26. The molecule has 5 nitrogen and oxygen atoms in total. The summed E-state index contributed by atoms with van der Waals surface area (Å²) < 4.78 is 20.2. The van der Waals surface area contributed by atoms with Gasteiger partial charge in [-0.1, -0.05) is 45.9 Å². The van der Waals surface area contributed by atoms with E-state index in [-0.39, 0.29) is 23.7 Å². The SMILES string of the molecule is CCC(=O)N1CCc2ccc(O[C@H](CC)C(=O)NCCC(C)C)cc2[C@H]1c1cccc(F)c1. The van der Waals surface area contributed by atoms with Crippen LogP contribution in [0.4, 0.5) is 4.39 Å². The molecule has 1 N–H and O–H groups in total. The van der Waals surface area contributed by atoms with Crippen molar-refractivity contribution in [3.05, 3.63) is 65.0 Å². The van der Waals surface area contributed by atoms with Crippen LogP contribution in [0.15, 0.2) is 42.5 Å². The summed E-state index contributed by atoms with van der Waals surface area (Å²) in [6.45, 7) is 9.20. The van der Waals surface area contributed by atoms with Crippen molar-refractivity contribution in [1.82, 2.24) is 10.2 Å². The molecule has 2 aromatic carbocycles. The van der Waals surface area contributed by atoms with Crippen LogP contribution in [-0.2, 0) is 16.0 Å². The summed E-state index contributed by atoms with van der Waals surface area (Å²) >= 11 is 0. The van der Waals surface area contributed by atoms with Gasteiger partial charge in [-0.2, -0.15) is 0 Å². The molecule has 1 aliphatic heterocycles. The molecule has 1 aliphatic rings. The number of hydrogen-bond donors (Lipinski definition) is 1. The lowest BCUT2D eigenvalue weighted by molar-refractivity contribution is -0.133. The maximum absolute atomic E-state index is 14.1. The van der Waals surface area contributed by atoms with Gasteiger partial charge in [0.1, 0.15) is 11.6 Å². The molecule has 0 spiro atoms. The van der Waals surface area contributed by atoms with Crippen LogP contribution in [0.25, 0.3) is 0 Å². The van der Waals surface area contributed by atoms with E-state index in [0.29, 0.717) is 37.6 Å². The first-order valence-electron chi connectivity index (χ1n) is 12.0. The Morgan fingerprint density at radius 2 is 1.97 bits per heavy atom. The molecule has 2 atom stereocenters. The van der Waals surface area contributed by atoms with Gasteiger partial charge in [0, 0.05) is 19.5 Å². The number of benzene rings is 2. The van der Waals surface area contributed by atoms with Crippen molar-refractivity contribution >= 4 is 11.8 Å². The molecule has 0 fully saturated rings. The molecule has 0 unspecified atom stereocenters. The zero-order valence-electron chi connectivity index (χ0n) is 20.1. The van der Waals surface area contributed by atoms with Crippen LogP contribution in [0.5, 0.6) is 5.75 Å². The zero-order valence-corrected chi connectivity index (χ0v) is 20.1. The van der Waals surface area contributed by atoms with Gasteiger partial charge in [-0.05, 0) is 66.1 Å². The normalized spacial score (nSPS) is 16.3. The van der Waals surface area contributed by atoms with E-state index in [2.05, 4.69) is 19.2 Å². The maximum Gasteiger partial charge on any atom is 0.261 e. The number of amides is 2. The van der Waals surface area contributed by atoms with Gasteiger partial charge >= 0.3 is 0 Å². The molecule has 0 saturated carbocycles. The highest BCUT2D eigenvalue weighted by Crippen LogP contribution is 2.38. The predicted molar refractivity (Wildman–Crippen MR) is 128 cm³/mol. The molecule has 178 valence electrons. The van der Waals surface area contributed by atoms with Crippen molar-refractivity contribution in [3.63, 3.8) is 0 Å². The van der Waals surface area contributed by atoms with Crippen molar-refractivity contribution in [2.75, 3.05) is 13.1 Å². The Kier molecular flexibility index (Phi) is 8.48. The Morgan fingerprint density at radius 1 is 1.18 bits per heavy atom. The molecule has 2 amide bonds. The Labute approximate surface area is 196 Å². The van der Waals surface area contributed by atoms with Crippen molar-refractivity contribution < 1.29 is 18.7 Å². The third-order valence-electron chi connectivity index (χ3n) is 6.10. The minimum atomic E-state index is -0.597. The number of fused-ring (bicyclic) bond motifs is 1. The molecule has 6 heteroatoms. The van der Waals surface area contributed by atoms with Crippen molar-refractivity contribution in [3.8, 4) is 5.75 Å². The van der Waals surface area contributed by atoms with Gasteiger partial charge in [-0.3, -0.25) is 9.59 Å². The molecule has 0 aromatic heterocycles. The number of carbonyl (C=O) groups is 2. The van der Waals surface area contributed by atoms with Crippen molar-refractivity contribution in [2.45, 2.75) is 65.5 Å². The maximum atomic E-state index is 14.1. The molecular weight excluding hydrogens is 419 g/mol. The molecule has 0 aliphatic carbocycles. The van der Waals surface area contributed by atoms with E-state index < -0.39 is 6.10 Å². The summed E-state index contributed by atoms with van der Waals surface area (Å²) in [5, 5.41) is 2.96. The van der Waals surface area contributed by atoms with Crippen LogP contribution in [0.3, 0.4) is 0 Å². The molecule has 33 heavy (non-hydrogen) atoms. The first-order chi connectivity index (χ1) is 15.8. The first kappa shape index (κ1) is 24.7. The second-order valence-electron chi connectivity index (χ2n) is 9.00. The van der Waals surface area contributed by atoms with E-state index in [1.165, 1.54) is 12.1 Å². The van der Waals surface area contributed by atoms with E-state index in [1.807, 2.05) is 43.0 Å². The summed E-state index contributed by atoms with van der Waals surface area (Å²) in [6, 6.07) is 11.8. The molecule has 0 saturated heterocycles. The van der Waals surface area contributed by atoms with Crippen molar-refractivity contribution in [2.24, 2.45) is 5.92 Å². The van der Waals surface area contributed by atoms with Crippen LogP contribution in [-0.4, -0.2) is 35.9 Å². The summed E-state index contributed by atoms with van der Waals surface area (Å²) in [5.74, 6) is 0.657. The lowest BCUT2D eigenvalue weighted by atomic mass is 9.87. The second kappa shape index (κ2) is 11.3. The standard InChI is InChI=1S/C27H35FN2O3/c1-5-24(27(32)29-14-12-18(3)4)33-22-11-10-19-13-15-30(25(31)6-2)26(23(19)17-22)20-8-7-9-21(28)16-20/h7-11,16-18,24,26H,5-6,12-15H2,1-4H3,(H,29,32)/t24-,26-/m1/s1. The molecule has 3 rings (SSSR count). The van der Waals surface area contributed by atoms with Gasteiger partial charge in [-0.15, -0.1) is 0 Å². The van der Waals surface area contributed by atoms with Gasteiger partial charge in [0.25, 0.3) is 5.91 Å². The third kappa shape index (κ3) is 6.12. The van der Waals surface area contributed by atoms with Gasteiger partial charge in [0.2, 0.25) is 5.91 Å². The van der Waals surface area contributed by atoms with E-state index in [4.69, 9.17) is 4.74 Å². The molecule has 2 aromatic rings. The van der Waals surface area contributed by atoms with E-state index in [0.717, 1.165) is 29.5 Å². The minimum Gasteiger partial charge on any atom is -0.481 e. The van der Waals surface area contributed by atoms with Crippen LogP contribution in [0, 0.1) is 11.7 Å². The fraction of sp³-hybridized carbons (Fsp3) is 0.481. The minimum absolute atomic E-state index is 0.0252. The smallest absolute Gasteiger partial charge is 0.261 e. The predicted octanol–water partition coefficient (Wildman–Crippen LogP) is 5.03. The Hall–Kier alpha value is -2.89. The Morgan fingerprint density at radius 3 is 2.64 bits per heavy atom. The molecule has 1 heterocycles. The highest BCUT2D eigenvalue weighted by Gasteiger charge is 2.32. The van der Waals surface area contributed by atoms with Crippen LogP contribution in [0.2, 0.25) is 0 Å². The number of hydrogen-bond acceptors (Lipinski definition) is 3. The Bertz CT molecular complexity index is 976. The van der Waals surface area contributed by atoms with Gasteiger partial charge < -0.3 is 15.0 Å². The van der Waals surface area contributed by atoms with Gasteiger partial charge in [0.05, 0.1) is 6.04 Å². The fourth-order valence-corrected chi connectivity index (χ4v) is 4.26. The number of rotatable bonds is 9. The lowest BCUT2D eigenvalue weighted by Crippen LogP contribution is -2.40. The number of nitrogens with one attached hydrogen (secondary N) is 1. The van der Waals surface area contributed by atoms with Gasteiger partial charge in [0.15, 0.2) is 6.10 Å². The molecule has 0 radical (unpaired) electrons. The van der Waals surface area contributed by atoms with E-state index >= 15 is 0 Å². The number of nitrogens with zero attached hydrogens (tertiary/aromatic N) is 1. The average molecular weight is 455 g/mol. The quantitative estimate of drug-likeness (QED) is 0.578. The average Bonchev–Trinajstić information content (AvgIpc) is 2.80. The summed E-state index contributed by atoms with van der Waals surface area (Å²) in [5.41, 5.74) is 2.75. The topological polar surface area (TPSA) is 58.6 Å². The summed E-state index contributed by atoms with van der Waals surface area (Å²) in [7, 11) is 0. The number of carbonyl (C=O) groups excluding carboxylic acids is 2. The van der Waals surface area contributed by atoms with Crippen LogP contribution >= 0.6 is 0 Å². The van der Waals surface area contributed by atoms with E-state index in [9.17, 15) is 14.0 Å². The summed E-state index contributed by atoms with van der Waals surface area (Å²) in [6.07, 6.45) is 1.96. The third-order valence-corrected chi connectivity index (χ3v) is 6.10. The highest BCUT2D eigenvalue weighted by atomic mass is 19.1. The van der Waals surface area contributed by atoms with Crippen LogP contribution < -0.4 is 10.1 Å². The first-order valence-corrected chi connectivity index (χ1v) is 12.0. The second-order valence-corrected chi connectivity index (χ2v) is 9.00. The zero-order chi connectivity index (χ0) is 24.0. The number of ether oxygens (including phenoxy) is 1.